The third-order valence-electron chi connectivity index (χ3n) is 1.15. The second-order valence-electron chi connectivity index (χ2n) is 1.82. The van der Waals surface area contributed by atoms with Crippen LogP contribution < -0.4 is 4.74 Å². The van der Waals surface area contributed by atoms with Gasteiger partial charge in [0.1, 0.15) is 11.4 Å². The monoisotopic (exact) mass is 236 g/mol. The van der Waals surface area contributed by atoms with E-state index in [1.54, 1.807) is 13.2 Å². The standard InChI is InChI=1S/C6H6BrClN2O/c1-11-5-2-6(8)10-9-4(5)3-7/h2H,3H2,1H3. The first-order valence-electron chi connectivity index (χ1n) is 2.90. The summed E-state index contributed by atoms with van der Waals surface area (Å²) in [5.74, 6) is 0.655. The van der Waals surface area contributed by atoms with E-state index in [0.29, 0.717) is 16.2 Å². The zero-order valence-electron chi connectivity index (χ0n) is 5.84. The van der Waals surface area contributed by atoms with Crippen LogP contribution >= 0.6 is 27.5 Å². The normalized spacial score (nSPS) is 9.73. The molecule has 0 radical (unpaired) electrons. The summed E-state index contributed by atoms with van der Waals surface area (Å²) in [6, 6.07) is 1.63. The Balaban J connectivity index is 3.06. The first-order valence-corrected chi connectivity index (χ1v) is 4.40. The predicted molar refractivity (Wildman–Crippen MR) is 46.2 cm³/mol. The summed E-state index contributed by atoms with van der Waals surface area (Å²) in [5.41, 5.74) is 0.747. The molecule has 0 amide bonds. The van der Waals surface area contributed by atoms with E-state index in [-0.39, 0.29) is 0 Å². The lowest BCUT2D eigenvalue weighted by atomic mass is 10.4. The number of nitrogens with zero attached hydrogens (tertiary/aromatic N) is 2. The molecule has 0 atom stereocenters. The van der Waals surface area contributed by atoms with Crippen molar-refractivity contribution < 1.29 is 4.74 Å². The van der Waals surface area contributed by atoms with Crippen LogP contribution in [0.4, 0.5) is 0 Å². The van der Waals surface area contributed by atoms with Crippen molar-refractivity contribution in [1.29, 1.82) is 0 Å². The lowest BCUT2D eigenvalue weighted by Crippen LogP contribution is -1.95. The molecule has 0 saturated carbocycles. The summed E-state index contributed by atoms with van der Waals surface area (Å²) in [5, 5.41) is 8.43. The minimum Gasteiger partial charge on any atom is -0.495 e. The van der Waals surface area contributed by atoms with Crippen molar-refractivity contribution in [2.24, 2.45) is 0 Å². The van der Waals surface area contributed by atoms with Crippen molar-refractivity contribution in [3.8, 4) is 5.75 Å². The van der Waals surface area contributed by atoms with Gasteiger partial charge in [0, 0.05) is 6.07 Å². The topological polar surface area (TPSA) is 35.0 Å². The van der Waals surface area contributed by atoms with Crippen LogP contribution in [-0.2, 0) is 5.33 Å². The zero-order chi connectivity index (χ0) is 8.27. The Hall–Kier alpha value is -0.350. The molecule has 1 aromatic rings. The highest BCUT2D eigenvalue weighted by Gasteiger charge is 2.03. The molecule has 0 bridgehead atoms. The minimum absolute atomic E-state index is 0.339. The Bertz CT molecular complexity index is 256. The van der Waals surface area contributed by atoms with Crippen molar-refractivity contribution in [2.45, 2.75) is 5.33 Å². The fraction of sp³-hybridized carbons (Fsp3) is 0.333. The van der Waals surface area contributed by atoms with Crippen LogP contribution in [0, 0.1) is 0 Å². The number of halogens is 2. The van der Waals surface area contributed by atoms with Gasteiger partial charge in [0.05, 0.1) is 12.4 Å². The number of hydrogen-bond donors (Lipinski definition) is 0. The van der Waals surface area contributed by atoms with Crippen LogP contribution in [0.1, 0.15) is 5.69 Å². The van der Waals surface area contributed by atoms with Gasteiger partial charge in [-0.15, -0.1) is 10.2 Å². The second-order valence-corrected chi connectivity index (χ2v) is 2.76. The summed E-state index contributed by atoms with van der Waals surface area (Å²) in [6.45, 7) is 0. The summed E-state index contributed by atoms with van der Waals surface area (Å²) in [7, 11) is 1.57. The summed E-state index contributed by atoms with van der Waals surface area (Å²) >= 11 is 8.83. The maximum atomic E-state index is 5.58. The second kappa shape index (κ2) is 3.88. The van der Waals surface area contributed by atoms with E-state index in [1.807, 2.05) is 0 Å². The minimum atomic E-state index is 0.339. The Kier molecular flexibility index (Phi) is 3.08. The Morgan fingerprint density at radius 3 is 2.91 bits per heavy atom. The summed E-state index contributed by atoms with van der Waals surface area (Å²) < 4.78 is 5.00. The van der Waals surface area contributed by atoms with Crippen molar-refractivity contribution in [3.63, 3.8) is 0 Å². The molecule has 0 N–H and O–H groups in total. The molecule has 0 unspecified atom stereocenters. The molecule has 0 saturated heterocycles. The van der Waals surface area contributed by atoms with Gasteiger partial charge in [-0.05, 0) is 0 Å². The van der Waals surface area contributed by atoms with Crippen LogP contribution in [0.5, 0.6) is 5.75 Å². The highest BCUT2D eigenvalue weighted by atomic mass is 79.9. The lowest BCUT2D eigenvalue weighted by Gasteiger charge is -2.02. The fourth-order valence-electron chi connectivity index (χ4n) is 0.647. The maximum absolute atomic E-state index is 5.58. The lowest BCUT2D eigenvalue weighted by molar-refractivity contribution is 0.407. The molecule has 1 heterocycles. The van der Waals surface area contributed by atoms with Crippen LogP contribution in [-0.4, -0.2) is 17.3 Å². The van der Waals surface area contributed by atoms with Gasteiger partial charge in [-0.25, -0.2) is 0 Å². The van der Waals surface area contributed by atoms with Gasteiger partial charge >= 0.3 is 0 Å². The molecule has 5 heteroatoms. The van der Waals surface area contributed by atoms with Crippen LogP contribution in [0.3, 0.4) is 0 Å². The molecular formula is C6H6BrClN2O. The Morgan fingerprint density at radius 2 is 2.36 bits per heavy atom. The van der Waals surface area contributed by atoms with Gasteiger partial charge in [-0.2, -0.15) is 0 Å². The Labute approximate surface area is 77.9 Å². The quantitative estimate of drug-likeness (QED) is 0.738. The molecule has 60 valence electrons. The van der Waals surface area contributed by atoms with E-state index >= 15 is 0 Å². The molecule has 0 aliphatic rings. The Morgan fingerprint density at radius 1 is 1.64 bits per heavy atom. The molecule has 0 fully saturated rings. The van der Waals surface area contributed by atoms with Crippen LogP contribution in [0.2, 0.25) is 5.15 Å². The number of ether oxygens (including phenoxy) is 1. The van der Waals surface area contributed by atoms with Crippen molar-refractivity contribution in [2.75, 3.05) is 7.11 Å². The predicted octanol–water partition coefficient (Wildman–Crippen LogP) is 2.03. The van der Waals surface area contributed by atoms with E-state index in [2.05, 4.69) is 26.1 Å². The third kappa shape index (κ3) is 2.04. The van der Waals surface area contributed by atoms with Crippen molar-refractivity contribution in [3.05, 3.63) is 16.9 Å². The number of hydrogen-bond acceptors (Lipinski definition) is 3. The average Bonchev–Trinajstić information content (AvgIpc) is 2.04. The highest BCUT2D eigenvalue weighted by molar-refractivity contribution is 9.08. The zero-order valence-corrected chi connectivity index (χ0v) is 8.18. The molecule has 1 rings (SSSR count). The molecule has 0 aromatic carbocycles. The van der Waals surface area contributed by atoms with Gasteiger partial charge in [0.15, 0.2) is 5.15 Å². The summed E-state index contributed by atoms with van der Waals surface area (Å²) in [4.78, 5) is 0. The van der Waals surface area contributed by atoms with Crippen molar-refractivity contribution >= 4 is 27.5 Å². The first kappa shape index (κ1) is 8.74. The van der Waals surface area contributed by atoms with Gasteiger partial charge in [-0.1, -0.05) is 27.5 Å². The molecule has 3 nitrogen and oxygen atoms in total. The smallest absolute Gasteiger partial charge is 0.155 e. The summed E-state index contributed by atoms with van der Waals surface area (Å²) in [6.07, 6.45) is 0. The molecule has 1 aromatic heterocycles. The number of methoxy groups -OCH3 is 1. The third-order valence-corrected chi connectivity index (χ3v) is 1.86. The van der Waals surface area contributed by atoms with E-state index < -0.39 is 0 Å². The van der Waals surface area contributed by atoms with E-state index in [4.69, 9.17) is 16.3 Å². The SMILES string of the molecule is COc1cc(Cl)nnc1CBr. The van der Waals surface area contributed by atoms with Crippen LogP contribution in [0.15, 0.2) is 6.07 Å². The number of rotatable bonds is 2. The number of aromatic nitrogens is 2. The molecular weight excluding hydrogens is 231 g/mol. The van der Waals surface area contributed by atoms with E-state index in [9.17, 15) is 0 Å². The molecule has 0 aliphatic carbocycles. The fourth-order valence-corrected chi connectivity index (χ4v) is 1.17. The van der Waals surface area contributed by atoms with Crippen molar-refractivity contribution in [1.82, 2.24) is 10.2 Å². The first-order chi connectivity index (χ1) is 5.27. The van der Waals surface area contributed by atoms with Gasteiger partial charge < -0.3 is 4.74 Å². The molecule has 0 spiro atoms. The maximum Gasteiger partial charge on any atom is 0.155 e. The molecule has 0 aliphatic heterocycles. The average molecular weight is 237 g/mol. The number of alkyl halides is 1. The molecule has 11 heavy (non-hydrogen) atoms. The van der Waals surface area contributed by atoms with Crippen LogP contribution in [0.25, 0.3) is 0 Å². The largest absolute Gasteiger partial charge is 0.495 e. The van der Waals surface area contributed by atoms with E-state index in [0.717, 1.165) is 5.69 Å². The highest BCUT2D eigenvalue weighted by Crippen LogP contribution is 2.20. The van der Waals surface area contributed by atoms with Gasteiger partial charge in [0.2, 0.25) is 0 Å². The van der Waals surface area contributed by atoms with Gasteiger partial charge in [0.25, 0.3) is 0 Å². The van der Waals surface area contributed by atoms with E-state index in [1.165, 1.54) is 0 Å². The van der Waals surface area contributed by atoms with Gasteiger partial charge in [-0.3, -0.25) is 0 Å².